The molecule has 0 bridgehead atoms. The van der Waals surface area contributed by atoms with Gasteiger partial charge in [0.1, 0.15) is 15.2 Å². The molecule has 0 aliphatic carbocycles. The molecule has 0 unspecified atom stereocenters. The van der Waals surface area contributed by atoms with Crippen molar-refractivity contribution >= 4 is 21.4 Å². The number of aliphatic hydroxyl groups is 1. The van der Waals surface area contributed by atoms with Gasteiger partial charge in [-0.2, -0.15) is 9.57 Å². The van der Waals surface area contributed by atoms with Gasteiger partial charge in [0.05, 0.1) is 6.61 Å². The summed E-state index contributed by atoms with van der Waals surface area (Å²) in [5.41, 5.74) is 0. The van der Waals surface area contributed by atoms with Crippen molar-refractivity contribution in [2.24, 2.45) is 0 Å². The van der Waals surface area contributed by atoms with Crippen molar-refractivity contribution in [2.45, 2.75) is 36.9 Å². The molecule has 0 amide bonds. The van der Waals surface area contributed by atoms with E-state index in [1.807, 2.05) is 19.9 Å². The first-order chi connectivity index (χ1) is 9.01. The molecule has 1 aromatic rings. The minimum absolute atomic E-state index is 0.0778. The van der Waals surface area contributed by atoms with E-state index in [1.165, 1.54) is 16.4 Å². The molecule has 0 aromatic carbocycles. The molecule has 0 saturated carbocycles. The average Bonchev–Trinajstić information content (AvgIpc) is 2.88. The van der Waals surface area contributed by atoms with Gasteiger partial charge in [0.2, 0.25) is 0 Å². The predicted molar refractivity (Wildman–Crippen MR) is 74.4 cm³/mol. The van der Waals surface area contributed by atoms with Crippen LogP contribution in [0.3, 0.4) is 0 Å². The Morgan fingerprint density at radius 1 is 1.42 bits per heavy atom. The number of rotatable bonds is 7. The summed E-state index contributed by atoms with van der Waals surface area (Å²) in [6.07, 6.45) is 1.37. The van der Waals surface area contributed by atoms with Crippen molar-refractivity contribution in [3.8, 4) is 6.07 Å². The van der Waals surface area contributed by atoms with Gasteiger partial charge >= 0.3 is 0 Å². The van der Waals surface area contributed by atoms with Crippen LogP contribution < -0.4 is 0 Å². The van der Waals surface area contributed by atoms with E-state index in [0.717, 1.165) is 11.3 Å². The highest BCUT2D eigenvalue weighted by Crippen LogP contribution is 2.27. The van der Waals surface area contributed by atoms with E-state index in [9.17, 15) is 8.42 Å². The third-order valence-electron chi connectivity index (χ3n) is 2.92. The number of nitrogens with zero attached hydrogens (tertiary/aromatic N) is 2. The topological polar surface area (TPSA) is 81.4 Å². The Bertz CT molecular complexity index is 542. The molecule has 106 valence electrons. The molecule has 0 fully saturated rings. The van der Waals surface area contributed by atoms with Gasteiger partial charge in [0.15, 0.2) is 0 Å². The van der Waals surface area contributed by atoms with E-state index in [-0.39, 0.29) is 23.4 Å². The van der Waals surface area contributed by atoms with Gasteiger partial charge in [0.25, 0.3) is 10.0 Å². The van der Waals surface area contributed by atoms with Crippen LogP contribution >= 0.6 is 11.3 Å². The van der Waals surface area contributed by atoms with E-state index in [4.69, 9.17) is 10.4 Å². The Balaban J connectivity index is 3.16. The SMILES string of the molecule is CCC(CC)N(CCO)S(=O)(=O)c1ccc(C#N)s1. The van der Waals surface area contributed by atoms with Crippen molar-refractivity contribution in [3.63, 3.8) is 0 Å². The Morgan fingerprint density at radius 2 is 2.05 bits per heavy atom. The lowest BCUT2D eigenvalue weighted by Crippen LogP contribution is -2.41. The monoisotopic (exact) mass is 302 g/mol. The number of hydrogen-bond donors (Lipinski definition) is 1. The smallest absolute Gasteiger partial charge is 0.252 e. The maximum absolute atomic E-state index is 12.5. The minimum Gasteiger partial charge on any atom is -0.395 e. The van der Waals surface area contributed by atoms with E-state index < -0.39 is 10.0 Å². The molecule has 7 heteroatoms. The van der Waals surface area contributed by atoms with E-state index in [2.05, 4.69) is 0 Å². The summed E-state index contributed by atoms with van der Waals surface area (Å²) >= 11 is 0.960. The predicted octanol–water partition coefficient (Wildman–Crippen LogP) is 1.79. The molecule has 19 heavy (non-hydrogen) atoms. The molecule has 0 saturated heterocycles. The second-order valence-electron chi connectivity index (χ2n) is 4.04. The second kappa shape index (κ2) is 7.01. The first-order valence-corrected chi connectivity index (χ1v) is 8.39. The van der Waals surface area contributed by atoms with Gasteiger partial charge in [-0.05, 0) is 25.0 Å². The molecular formula is C12H18N2O3S2. The summed E-state index contributed by atoms with van der Waals surface area (Å²) < 4.78 is 26.5. The van der Waals surface area contributed by atoms with Crippen LogP contribution in [0.1, 0.15) is 31.6 Å². The molecule has 1 N–H and O–H groups in total. The second-order valence-corrected chi connectivity index (χ2v) is 7.24. The molecule has 1 aromatic heterocycles. The van der Waals surface area contributed by atoms with Crippen molar-refractivity contribution < 1.29 is 13.5 Å². The molecule has 0 atom stereocenters. The highest BCUT2D eigenvalue weighted by molar-refractivity contribution is 7.91. The highest BCUT2D eigenvalue weighted by Gasteiger charge is 2.30. The van der Waals surface area contributed by atoms with Crippen molar-refractivity contribution in [1.29, 1.82) is 5.26 Å². The summed E-state index contributed by atoms with van der Waals surface area (Å²) in [4.78, 5) is 0.368. The first-order valence-electron chi connectivity index (χ1n) is 6.13. The fourth-order valence-corrected chi connectivity index (χ4v) is 4.92. The van der Waals surface area contributed by atoms with Crippen molar-refractivity contribution in [2.75, 3.05) is 13.2 Å². The normalized spacial score (nSPS) is 12.0. The van der Waals surface area contributed by atoms with Crippen LogP contribution in [0.5, 0.6) is 0 Å². The number of sulfonamides is 1. The van der Waals surface area contributed by atoms with Crippen molar-refractivity contribution in [1.82, 2.24) is 4.31 Å². The highest BCUT2D eigenvalue weighted by atomic mass is 32.2. The summed E-state index contributed by atoms with van der Waals surface area (Å²) in [5, 5.41) is 17.9. The lowest BCUT2D eigenvalue weighted by molar-refractivity contribution is 0.220. The zero-order chi connectivity index (χ0) is 14.5. The Labute approximate surface area is 118 Å². The molecule has 5 nitrogen and oxygen atoms in total. The van der Waals surface area contributed by atoms with Gasteiger partial charge in [-0.3, -0.25) is 0 Å². The Kier molecular flexibility index (Phi) is 5.94. The van der Waals surface area contributed by atoms with Gasteiger partial charge in [-0.1, -0.05) is 13.8 Å². The zero-order valence-electron chi connectivity index (χ0n) is 11.0. The number of nitriles is 1. The Hall–Kier alpha value is -0.940. The zero-order valence-corrected chi connectivity index (χ0v) is 12.7. The lowest BCUT2D eigenvalue weighted by atomic mass is 10.2. The summed E-state index contributed by atoms with van der Waals surface area (Å²) in [7, 11) is -3.64. The van der Waals surface area contributed by atoms with Crippen LogP contribution in [0.15, 0.2) is 16.3 Å². The summed E-state index contributed by atoms with van der Waals surface area (Å²) in [5.74, 6) is 0. The van der Waals surface area contributed by atoms with Crippen LogP contribution in [0.25, 0.3) is 0 Å². The van der Waals surface area contributed by atoms with Crippen LogP contribution in [0.2, 0.25) is 0 Å². The Morgan fingerprint density at radius 3 is 2.47 bits per heavy atom. The fraction of sp³-hybridized carbons (Fsp3) is 0.583. The maximum atomic E-state index is 12.5. The molecule has 0 spiro atoms. The number of aliphatic hydroxyl groups excluding tert-OH is 1. The number of hydrogen-bond acceptors (Lipinski definition) is 5. The summed E-state index contributed by atoms with van der Waals surface area (Å²) in [6.45, 7) is 3.70. The van der Waals surface area contributed by atoms with Crippen LogP contribution in [0, 0.1) is 11.3 Å². The van der Waals surface area contributed by atoms with Gasteiger partial charge in [0, 0.05) is 12.6 Å². The molecule has 1 heterocycles. The lowest BCUT2D eigenvalue weighted by Gasteiger charge is -2.28. The molecule has 0 aliphatic rings. The van der Waals surface area contributed by atoms with Crippen LogP contribution in [-0.4, -0.2) is 37.0 Å². The third-order valence-corrected chi connectivity index (χ3v) is 6.33. The van der Waals surface area contributed by atoms with E-state index >= 15 is 0 Å². The number of thiophene rings is 1. The van der Waals surface area contributed by atoms with E-state index in [0.29, 0.717) is 17.7 Å². The van der Waals surface area contributed by atoms with E-state index in [1.54, 1.807) is 0 Å². The quantitative estimate of drug-likeness (QED) is 0.832. The van der Waals surface area contributed by atoms with Crippen molar-refractivity contribution in [3.05, 3.63) is 17.0 Å². The van der Waals surface area contributed by atoms with Crippen LogP contribution in [-0.2, 0) is 10.0 Å². The molecule has 0 radical (unpaired) electrons. The third kappa shape index (κ3) is 3.54. The summed E-state index contributed by atoms with van der Waals surface area (Å²) in [6, 6.07) is 4.75. The minimum atomic E-state index is -3.64. The average molecular weight is 302 g/mol. The van der Waals surface area contributed by atoms with Gasteiger partial charge < -0.3 is 5.11 Å². The molecule has 0 aliphatic heterocycles. The largest absolute Gasteiger partial charge is 0.395 e. The fourth-order valence-electron chi connectivity index (χ4n) is 1.93. The van der Waals surface area contributed by atoms with Crippen LogP contribution in [0.4, 0.5) is 0 Å². The standard InChI is InChI=1S/C12H18N2O3S2/c1-3-10(4-2)14(7-8-15)19(16,17)12-6-5-11(9-13)18-12/h5-6,10,15H,3-4,7-8H2,1-2H3. The first kappa shape index (κ1) is 16.1. The van der Waals surface area contributed by atoms with Gasteiger partial charge in [-0.15, -0.1) is 11.3 Å². The molecular weight excluding hydrogens is 284 g/mol. The van der Waals surface area contributed by atoms with Gasteiger partial charge in [-0.25, -0.2) is 8.42 Å². The maximum Gasteiger partial charge on any atom is 0.252 e. The molecule has 1 rings (SSSR count).